The lowest BCUT2D eigenvalue weighted by molar-refractivity contribution is -0.490. The topological polar surface area (TPSA) is 77.0 Å². The summed E-state index contributed by atoms with van der Waals surface area (Å²) in [6.07, 6.45) is 43.8. The van der Waals surface area contributed by atoms with Crippen LogP contribution in [0.15, 0.2) is 0 Å². The Balaban J connectivity index is 4.30. The van der Waals surface area contributed by atoms with Gasteiger partial charge in [-0.25, -0.2) is 10.1 Å². The molecule has 0 bridgehead atoms. The first-order valence-corrected chi connectivity index (χ1v) is 22.5. The molecule has 0 saturated heterocycles. The fourth-order valence-corrected chi connectivity index (χ4v) is 7.18. The zero-order valence-corrected chi connectivity index (χ0v) is 34.1. The van der Waals surface area contributed by atoms with Crippen LogP contribution in [0.1, 0.15) is 245 Å². The Morgan fingerprint density at radius 3 is 1.22 bits per heavy atom. The molecule has 2 atom stereocenters. The van der Waals surface area contributed by atoms with Crippen molar-refractivity contribution in [3.05, 3.63) is 0 Å². The monoisotopic (exact) mass is 712 g/mol. The van der Waals surface area contributed by atoms with E-state index >= 15 is 0 Å². The molecule has 0 aliphatic rings. The number of carbonyl (C=O) groups is 1. The molecule has 0 aromatic heterocycles. The van der Waals surface area contributed by atoms with E-state index in [9.17, 15) is 4.79 Å². The molecule has 300 valence electrons. The molecule has 0 fully saturated rings. The van der Waals surface area contributed by atoms with Crippen molar-refractivity contribution in [2.45, 2.75) is 252 Å². The number of carbonyl (C=O) groups excluding carboxylic acids is 1. The number of ether oxygens (including phenoxy) is 1. The Morgan fingerprint density at radius 1 is 0.460 bits per heavy atom. The van der Waals surface area contributed by atoms with Crippen LogP contribution in [0.5, 0.6) is 0 Å². The van der Waals surface area contributed by atoms with Crippen LogP contribution in [0.3, 0.4) is 0 Å². The van der Waals surface area contributed by atoms with Crippen LogP contribution >= 0.6 is 0 Å². The van der Waals surface area contributed by atoms with Crippen molar-refractivity contribution < 1.29 is 24.7 Å². The van der Waals surface area contributed by atoms with Crippen LogP contribution in [0.2, 0.25) is 0 Å². The zero-order valence-electron chi connectivity index (χ0n) is 34.1. The van der Waals surface area contributed by atoms with Gasteiger partial charge in [-0.05, 0) is 70.9 Å². The van der Waals surface area contributed by atoms with Gasteiger partial charge < -0.3 is 10.1 Å². The lowest BCUT2D eigenvalue weighted by atomic mass is 9.94. The van der Waals surface area contributed by atoms with E-state index in [1.54, 1.807) is 0 Å². The molecule has 0 aromatic rings. The van der Waals surface area contributed by atoms with Gasteiger partial charge in [0.15, 0.2) is 0 Å². The van der Waals surface area contributed by atoms with E-state index in [-0.39, 0.29) is 18.0 Å². The van der Waals surface area contributed by atoms with Gasteiger partial charge in [-0.15, -0.1) is 0 Å². The minimum Gasteiger partial charge on any atom is -0.462 e. The van der Waals surface area contributed by atoms with E-state index in [1.807, 2.05) is 0 Å². The lowest BCUT2D eigenvalue weighted by Gasteiger charge is -2.22. The predicted molar refractivity (Wildman–Crippen MR) is 215 cm³/mol. The van der Waals surface area contributed by atoms with Crippen LogP contribution in [0, 0.1) is 5.92 Å². The van der Waals surface area contributed by atoms with E-state index in [0.29, 0.717) is 6.61 Å². The summed E-state index contributed by atoms with van der Waals surface area (Å²) in [7, 11) is 0. The molecule has 6 nitrogen and oxygen atoms in total. The minimum absolute atomic E-state index is 0.113. The normalized spacial score (nSPS) is 12.8. The van der Waals surface area contributed by atoms with E-state index in [0.717, 1.165) is 51.6 Å². The van der Waals surface area contributed by atoms with Crippen molar-refractivity contribution in [2.75, 3.05) is 19.7 Å². The van der Waals surface area contributed by atoms with Crippen LogP contribution in [-0.4, -0.2) is 37.0 Å². The van der Waals surface area contributed by atoms with Gasteiger partial charge >= 0.3 is 5.97 Å². The van der Waals surface area contributed by atoms with Gasteiger partial charge in [-0.3, -0.25) is 4.79 Å². The molecular formula is C44H89NO5. The van der Waals surface area contributed by atoms with Gasteiger partial charge in [0.2, 0.25) is 0 Å². The predicted octanol–water partition coefficient (Wildman–Crippen LogP) is 14.2. The first-order valence-electron chi connectivity index (χ1n) is 22.5. The van der Waals surface area contributed by atoms with Gasteiger partial charge in [-0.2, -0.15) is 0 Å². The number of unbranched alkanes of at least 4 members (excludes halogenated alkanes) is 26. The van der Waals surface area contributed by atoms with Gasteiger partial charge in [0, 0.05) is 0 Å². The largest absolute Gasteiger partial charge is 0.462 e. The SMILES string of the molecule is CCCCCCCCCC(CCCCCCCCCCCNCCCCCCCOOO)OC(=O)C(CCCCCC)CCCCCCCC. The maximum Gasteiger partial charge on any atom is 0.309 e. The molecule has 0 saturated carbocycles. The molecule has 0 heterocycles. The van der Waals surface area contributed by atoms with Crippen LogP contribution in [0.4, 0.5) is 0 Å². The van der Waals surface area contributed by atoms with Crippen molar-refractivity contribution in [3.63, 3.8) is 0 Å². The molecule has 2 N–H and O–H groups in total. The second-order valence-electron chi connectivity index (χ2n) is 15.5. The maximum absolute atomic E-state index is 13.6. The van der Waals surface area contributed by atoms with Crippen LogP contribution in [0.25, 0.3) is 0 Å². The molecule has 6 heteroatoms. The summed E-state index contributed by atoms with van der Waals surface area (Å²) in [6, 6.07) is 0. The highest BCUT2D eigenvalue weighted by atomic mass is 17.5. The molecule has 2 unspecified atom stereocenters. The molecule has 0 aliphatic heterocycles. The highest BCUT2D eigenvalue weighted by Gasteiger charge is 2.23. The summed E-state index contributed by atoms with van der Waals surface area (Å²) in [5.41, 5.74) is 0. The third kappa shape index (κ3) is 37.1. The Morgan fingerprint density at radius 2 is 0.800 bits per heavy atom. The van der Waals surface area contributed by atoms with Gasteiger partial charge in [0.05, 0.1) is 12.5 Å². The summed E-state index contributed by atoms with van der Waals surface area (Å²) in [5.74, 6) is 0.244. The number of esters is 1. The minimum atomic E-state index is 0.113. The third-order valence-corrected chi connectivity index (χ3v) is 10.6. The molecule has 0 amide bonds. The fraction of sp³-hybridized carbons (Fsp3) is 0.977. The Kier molecular flexibility index (Phi) is 42.1. The summed E-state index contributed by atoms with van der Waals surface area (Å²) in [5, 5.41) is 15.3. The first kappa shape index (κ1) is 49.3. The van der Waals surface area contributed by atoms with Gasteiger partial charge in [0.1, 0.15) is 6.10 Å². The summed E-state index contributed by atoms with van der Waals surface area (Å²) >= 11 is 0. The Hall–Kier alpha value is -0.690. The lowest BCUT2D eigenvalue weighted by Crippen LogP contribution is -2.25. The molecule has 50 heavy (non-hydrogen) atoms. The molecule has 0 aliphatic carbocycles. The number of hydrogen-bond acceptors (Lipinski definition) is 6. The smallest absolute Gasteiger partial charge is 0.309 e. The van der Waals surface area contributed by atoms with Gasteiger partial charge in [-0.1, -0.05) is 193 Å². The van der Waals surface area contributed by atoms with Gasteiger partial charge in [0.25, 0.3) is 0 Å². The quantitative estimate of drug-likeness (QED) is 0.0284. The number of hydrogen-bond donors (Lipinski definition) is 2. The maximum atomic E-state index is 13.6. The van der Waals surface area contributed by atoms with Crippen molar-refractivity contribution in [1.29, 1.82) is 0 Å². The van der Waals surface area contributed by atoms with Crippen LogP contribution < -0.4 is 5.32 Å². The summed E-state index contributed by atoms with van der Waals surface area (Å²) < 4.78 is 6.39. The van der Waals surface area contributed by atoms with Crippen molar-refractivity contribution >= 4 is 5.97 Å². The molecule has 0 aromatic carbocycles. The van der Waals surface area contributed by atoms with E-state index < -0.39 is 0 Å². The number of nitrogens with one attached hydrogen (secondary N) is 1. The first-order chi connectivity index (χ1) is 24.7. The average molecular weight is 712 g/mol. The highest BCUT2D eigenvalue weighted by molar-refractivity contribution is 5.72. The Bertz CT molecular complexity index is 648. The third-order valence-electron chi connectivity index (χ3n) is 10.6. The standard InChI is InChI=1S/C44H89NO5/c1-4-7-10-13-18-23-30-37-43(49-44(46)42(35-28-12-9-6-3)36-29-22-14-11-8-5-2)38-31-24-19-16-15-17-20-25-32-39-45-40-33-26-21-27-34-41-48-50-47/h42-43,45,47H,4-41H2,1-3H3. The molecule has 0 radical (unpaired) electrons. The van der Waals surface area contributed by atoms with Crippen LogP contribution in [-0.2, 0) is 19.5 Å². The fourth-order valence-electron chi connectivity index (χ4n) is 7.18. The Labute approximate surface area is 312 Å². The summed E-state index contributed by atoms with van der Waals surface area (Å²) in [4.78, 5) is 18.0. The van der Waals surface area contributed by atoms with Crippen molar-refractivity contribution in [1.82, 2.24) is 5.32 Å². The van der Waals surface area contributed by atoms with E-state index in [2.05, 4.69) is 36.0 Å². The summed E-state index contributed by atoms with van der Waals surface area (Å²) in [6.45, 7) is 9.55. The second kappa shape index (κ2) is 42.7. The van der Waals surface area contributed by atoms with E-state index in [4.69, 9.17) is 9.99 Å². The highest BCUT2D eigenvalue weighted by Crippen LogP contribution is 2.24. The van der Waals surface area contributed by atoms with Crippen molar-refractivity contribution in [2.24, 2.45) is 5.92 Å². The zero-order chi connectivity index (χ0) is 36.4. The van der Waals surface area contributed by atoms with E-state index in [1.165, 1.54) is 186 Å². The molecular weight excluding hydrogens is 622 g/mol. The molecule has 0 rings (SSSR count). The number of rotatable bonds is 43. The molecule has 0 spiro atoms. The van der Waals surface area contributed by atoms with Crippen molar-refractivity contribution in [3.8, 4) is 0 Å². The second-order valence-corrected chi connectivity index (χ2v) is 15.5. The average Bonchev–Trinajstić information content (AvgIpc) is 3.12.